The molecule has 0 N–H and O–H groups in total. The molecule has 2 rings (SSSR count). The monoisotopic (exact) mass is 314 g/mol. The molecule has 0 aromatic heterocycles. The summed E-state index contributed by atoms with van der Waals surface area (Å²) in [6, 6.07) is 9.64. The molecule has 0 aliphatic rings. The van der Waals surface area contributed by atoms with Gasteiger partial charge >= 0.3 is 5.97 Å². The van der Waals surface area contributed by atoms with Gasteiger partial charge in [-0.1, -0.05) is 17.7 Å². The average Bonchev–Trinajstić information content (AvgIpc) is 2.54. The maximum Gasteiger partial charge on any atom is 0.337 e. The first-order valence-corrected chi connectivity index (χ1v) is 7.17. The van der Waals surface area contributed by atoms with Crippen LogP contribution >= 0.6 is 0 Å². The number of ether oxygens (including phenoxy) is 2. The highest BCUT2D eigenvalue weighted by Gasteiger charge is 2.13. The average molecular weight is 314 g/mol. The lowest BCUT2D eigenvalue weighted by molar-refractivity contribution is 0.0600. The summed E-state index contributed by atoms with van der Waals surface area (Å²) in [6.45, 7) is 3.88. The van der Waals surface area contributed by atoms with E-state index in [0.717, 1.165) is 11.1 Å². The molecular formula is C19H19FO3. The van der Waals surface area contributed by atoms with Crippen LogP contribution in [0.4, 0.5) is 4.39 Å². The van der Waals surface area contributed by atoms with E-state index in [0.29, 0.717) is 22.4 Å². The molecule has 3 nitrogen and oxygen atoms in total. The van der Waals surface area contributed by atoms with Gasteiger partial charge < -0.3 is 9.47 Å². The standard InChI is InChI=1S/C19H19FO3/c1-12(2)9-14-10-13(19(21)23-4)5-7-16(14)17-11-15(22-3)6-8-18(17)20/h5-11H,1-4H3. The van der Waals surface area contributed by atoms with E-state index in [1.807, 2.05) is 19.9 Å². The predicted molar refractivity (Wildman–Crippen MR) is 89.1 cm³/mol. The number of allylic oxidation sites excluding steroid dienone is 1. The quantitative estimate of drug-likeness (QED) is 0.767. The lowest BCUT2D eigenvalue weighted by atomic mass is 9.95. The summed E-state index contributed by atoms with van der Waals surface area (Å²) in [5, 5.41) is 0. The van der Waals surface area contributed by atoms with Crippen LogP contribution in [0, 0.1) is 5.82 Å². The third kappa shape index (κ3) is 3.77. The molecule has 4 heteroatoms. The molecule has 0 saturated heterocycles. The van der Waals surface area contributed by atoms with Gasteiger partial charge in [0.05, 0.1) is 19.8 Å². The Hall–Kier alpha value is -2.62. The molecule has 0 aliphatic carbocycles. The van der Waals surface area contributed by atoms with Crippen molar-refractivity contribution in [2.45, 2.75) is 13.8 Å². The van der Waals surface area contributed by atoms with Gasteiger partial charge in [0.15, 0.2) is 0 Å². The fraction of sp³-hybridized carbons (Fsp3) is 0.211. The first kappa shape index (κ1) is 16.7. The van der Waals surface area contributed by atoms with Crippen LogP contribution in [-0.2, 0) is 4.74 Å². The van der Waals surface area contributed by atoms with Crippen molar-refractivity contribution in [2.75, 3.05) is 14.2 Å². The molecule has 0 aliphatic heterocycles. The predicted octanol–water partition coefficient (Wildman–Crippen LogP) is 4.71. The van der Waals surface area contributed by atoms with Crippen molar-refractivity contribution in [3.05, 3.63) is 58.9 Å². The van der Waals surface area contributed by atoms with Crippen molar-refractivity contribution in [1.29, 1.82) is 0 Å². The van der Waals surface area contributed by atoms with Crippen molar-refractivity contribution >= 4 is 12.0 Å². The van der Waals surface area contributed by atoms with Gasteiger partial charge in [-0.2, -0.15) is 0 Å². The van der Waals surface area contributed by atoms with E-state index in [1.165, 1.54) is 20.3 Å². The fourth-order valence-corrected chi connectivity index (χ4v) is 2.32. The molecule has 0 fully saturated rings. The van der Waals surface area contributed by atoms with Crippen LogP contribution in [0.1, 0.15) is 29.8 Å². The highest BCUT2D eigenvalue weighted by atomic mass is 19.1. The molecule has 0 radical (unpaired) electrons. The molecule has 23 heavy (non-hydrogen) atoms. The minimum absolute atomic E-state index is 0.347. The number of hydrogen-bond acceptors (Lipinski definition) is 3. The third-order valence-corrected chi connectivity index (χ3v) is 3.38. The summed E-state index contributed by atoms with van der Waals surface area (Å²) in [5.41, 5.74) is 3.33. The van der Waals surface area contributed by atoms with Crippen molar-refractivity contribution < 1.29 is 18.7 Å². The van der Waals surface area contributed by atoms with Crippen LogP contribution in [0.5, 0.6) is 5.75 Å². The molecule has 120 valence electrons. The molecular weight excluding hydrogens is 295 g/mol. The van der Waals surface area contributed by atoms with Crippen LogP contribution in [0.2, 0.25) is 0 Å². The van der Waals surface area contributed by atoms with E-state index in [4.69, 9.17) is 9.47 Å². The number of rotatable bonds is 4. The summed E-state index contributed by atoms with van der Waals surface area (Å²) in [7, 11) is 2.87. The van der Waals surface area contributed by atoms with E-state index in [2.05, 4.69) is 0 Å². The van der Waals surface area contributed by atoms with Gasteiger partial charge in [0, 0.05) is 5.56 Å². The Kier molecular flexibility index (Phi) is 5.16. The summed E-state index contributed by atoms with van der Waals surface area (Å²) < 4.78 is 24.2. The topological polar surface area (TPSA) is 35.5 Å². The molecule has 0 spiro atoms. The fourth-order valence-electron chi connectivity index (χ4n) is 2.32. The summed E-state index contributed by atoms with van der Waals surface area (Å²) in [6.07, 6.45) is 1.90. The summed E-state index contributed by atoms with van der Waals surface area (Å²) in [5.74, 6) is -0.201. The summed E-state index contributed by atoms with van der Waals surface area (Å²) >= 11 is 0. The first-order valence-electron chi connectivity index (χ1n) is 7.17. The molecule has 0 saturated carbocycles. The Labute approximate surface area is 135 Å². The van der Waals surface area contributed by atoms with Crippen LogP contribution in [0.3, 0.4) is 0 Å². The second-order valence-electron chi connectivity index (χ2n) is 5.36. The number of halogens is 1. The zero-order valence-corrected chi connectivity index (χ0v) is 13.6. The van der Waals surface area contributed by atoms with Crippen molar-refractivity contribution in [2.24, 2.45) is 0 Å². The van der Waals surface area contributed by atoms with E-state index < -0.39 is 5.97 Å². The van der Waals surface area contributed by atoms with Gasteiger partial charge in [0.1, 0.15) is 11.6 Å². The molecule has 0 atom stereocenters. The van der Waals surface area contributed by atoms with Crippen molar-refractivity contribution in [1.82, 2.24) is 0 Å². The van der Waals surface area contributed by atoms with Crippen LogP contribution in [0.15, 0.2) is 42.0 Å². The number of methoxy groups -OCH3 is 2. The Morgan fingerprint density at radius 2 is 1.78 bits per heavy atom. The summed E-state index contributed by atoms with van der Waals surface area (Å²) in [4.78, 5) is 11.7. The normalized spacial score (nSPS) is 10.1. The van der Waals surface area contributed by atoms with Crippen molar-refractivity contribution in [3.8, 4) is 16.9 Å². The smallest absolute Gasteiger partial charge is 0.337 e. The second-order valence-corrected chi connectivity index (χ2v) is 5.36. The number of esters is 1. The number of carbonyl (C=O) groups excluding carboxylic acids is 1. The Morgan fingerprint density at radius 1 is 1.04 bits per heavy atom. The zero-order valence-electron chi connectivity index (χ0n) is 13.6. The maximum absolute atomic E-state index is 14.3. The zero-order chi connectivity index (χ0) is 17.0. The van der Waals surface area contributed by atoms with Gasteiger partial charge in [-0.15, -0.1) is 0 Å². The number of benzene rings is 2. The van der Waals surface area contributed by atoms with E-state index in [-0.39, 0.29) is 5.82 Å². The highest BCUT2D eigenvalue weighted by Crippen LogP contribution is 2.31. The van der Waals surface area contributed by atoms with Gasteiger partial charge in [-0.3, -0.25) is 0 Å². The third-order valence-electron chi connectivity index (χ3n) is 3.38. The van der Waals surface area contributed by atoms with Crippen LogP contribution in [-0.4, -0.2) is 20.2 Å². The Balaban J connectivity index is 2.66. The largest absolute Gasteiger partial charge is 0.497 e. The minimum atomic E-state index is -0.425. The molecule has 0 bridgehead atoms. The molecule has 2 aromatic carbocycles. The van der Waals surface area contributed by atoms with Crippen molar-refractivity contribution in [3.63, 3.8) is 0 Å². The number of hydrogen-bond donors (Lipinski definition) is 0. The van der Waals surface area contributed by atoms with E-state index >= 15 is 0 Å². The first-order chi connectivity index (χ1) is 11.0. The lowest BCUT2D eigenvalue weighted by Gasteiger charge is -2.11. The Morgan fingerprint density at radius 3 is 2.39 bits per heavy atom. The molecule has 0 amide bonds. The SMILES string of the molecule is COC(=O)c1ccc(-c2cc(OC)ccc2F)c(C=C(C)C)c1. The second kappa shape index (κ2) is 7.09. The van der Waals surface area contributed by atoms with E-state index in [9.17, 15) is 9.18 Å². The maximum atomic E-state index is 14.3. The van der Waals surface area contributed by atoms with Gasteiger partial charge in [-0.25, -0.2) is 9.18 Å². The van der Waals surface area contributed by atoms with Gasteiger partial charge in [0.25, 0.3) is 0 Å². The minimum Gasteiger partial charge on any atom is -0.497 e. The van der Waals surface area contributed by atoms with Crippen LogP contribution < -0.4 is 4.74 Å². The molecule has 0 unspecified atom stereocenters. The molecule has 2 aromatic rings. The number of carbonyl (C=O) groups is 1. The lowest BCUT2D eigenvalue weighted by Crippen LogP contribution is -2.02. The molecule has 0 heterocycles. The van der Waals surface area contributed by atoms with Gasteiger partial charge in [-0.05, 0) is 55.3 Å². The van der Waals surface area contributed by atoms with Gasteiger partial charge in [0.2, 0.25) is 0 Å². The highest BCUT2D eigenvalue weighted by molar-refractivity contribution is 5.92. The van der Waals surface area contributed by atoms with E-state index in [1.54, 1.807) is 30.3 Å². The Bertz CT molecular complexity index is 759. The van der Waals surface area contributed by atoms with Crippen LogP contribution in [0.25, 0.3) is 17.2 Å².